The second-order valence-electron chi connectivity index (χ2n) is 7.72. The number of hydrogen-bond acceptors (Lipinski definition) is 6. The van der Waals surface area contributed by atoms with Crippen molar-refractivity contribution in [1.82, 2.24) is 9.97 Å². The van der Waals surface area contributed by atoms with Crippen LogP contribution in [-0.2, 0) is 13.0 Å². The average molecular weight is 356 g/mol. The summed E-state index contributed by atoms with van der Waals surface area (Å²) in [7, 11) is 3.34. The maximum absolute atomic E-state index is 5.45. The Balaban J connectivity index is 1.89. The third-order valence-electron chi connectivity index (χ3n) is 4.35. The van der Waals surface area contributed by atoms with E-state index in [2.05, 4.69) is 48.1 Å². The van der Waals surface area contributed by atoms with Crippen LogP contribution in [0.4, 0.5) is 11.8 Å². The zero-order chi connectivity index (χ0) is 18.9. The molecule has 1 aliphatic heterocycles. The number of benzene rings is 1. The minimum atomic E-state index is -0.0452. The normalized spacial score (nSPS) is 14.0. The Kier molecular flexibility index (Phi) is 4.94. The van der Waals surface area contributed by atoms with Gasteiger partial charge in [-0.05, 0) is 57.4 Å². The molecule has 1 aromatic heterocycles. The highest BCUT2D eigenvalue weighted by Crippen LogP contribution is 2.34. The highest BCUT2D eigenvalue weighted by molar-refractivity contribution is 5.52. The number of hydrogen-bond donors (Lipinski definition) is 1. The summed E-state index contributed by atoms with van der Waals surface area (Å²) < 4.78 is 10.9. The Hall–Kier alpha value is -2.50. The van der Waals surface area contributed by atoms with Crippen LogP contribution in [0.5, 0.6) is 11.5 Å². The molecule has 6 nitrogen and oxygen atoms in total. The zero-order valence-corrected chi connectivity index (χ0v) is 16.5. The van der Waals surface area contributed by atoms with Crippen molar-refractivity contribution in [2.75, 3.05) is 31.0 Å². The zero-order valence-electron chi connectivity index (χ0n) is 16.5. The Morgan fingerprint density at radius 2 is 1.65 bits per heavy atom. The summed E-state index contributed by atoms with van der Waals surface area (Å²) in [5.74, 6) is 3.16. The van der Waals surface area contributed by atoms with E-state index in [-0.39, 0.29) is 5.54 Å². The van der Waals surface area contributed by atoms with Gasteiger partial charge in [0.2, 0.25) is 5.95 Å². The Morgan fingerprint density at radius 3 is 2.27 bits per heavy atom. The van der Waals surface area contributed by atoms with Crippen LogP contribution in [0.1, 0.15) is 37.6 Å². The minimum Gasteiger partial charge on any atom is -0.493 e. The maximum Gasteiger partial charge on any atom is 0.227 e. The van der Waals surface area contributed by atoms with E-state index in [1.807, 2.05) is 13.0 Å². The van der Waals surface area contributed by atoms with Crippen LogP contribution in [-0.4, -0.2) is 36.3 Å². The van der Waals surface area contributed by atoms with E-state index in [4.69, 9.17) is 14.5 Å². The molecule has 2 heterocycles. The van der Waals surface area contributed by atoms with Crippen molar-refractivity contribution in [2.45, 2.75) is 46.2 Å². The minimum absolute atomic E-state index is 0.0452. The number of methoxy groups -OCH3 is 2. The lowest BCUT2D eigenvalue weighted by Gasteiger charge is -2.30. The van der Waals surface area contributed by atoms with Gasteiger partial charge in [0, 0.05) is 30.4 Å². The van der Waals surface area contributed by atoms with Crippen molar-refractivity contribution in [2.24, 2.45) is 0 Å². The largest absolute Gasteiger partial charge is 0.493 e. The average Bonchev–Trinajstić information content (AvgIpc) is 2.57. The van der Waals surface area contributed by atoms with Gasteiger partial charge in [-0.3, -0.25) is 0 Å². The molecule has 0 atom stereocenters. The van der Waals surface area contributed by atoms with Crippen LogP contribution in [0.2, 0.25) is 0 Å². The first-order valence-corrected chi connectivity index (χ1v) is 8.91. The van der Waals surface area contributed by atoms with Gasteiger partial charge in [-0.15, -0.1) is 0 Å². The number of ether oxygens (including phenoxy) is 2. The molecule has 0 unspecified atom stereocenters. The van der Waals surface area contributed by atoms with Crippen LogP contribution in [0.15, 0.2) is 18.2 Å². The first-order valence-electron chi connectivity index (χ1n) is 8.91. The first kappa shape index (κ1) is 18.3. The molecule has 0 amide bonds. The summed E-state index contributed by atoms with van der Waals surface area (Å²) in [5, 5.41) is 3.44. The van der Waals surface area contributed by atoms with E-state index in [0.29, 0.717) is 0 Å². The molecule has 1 aliphatic rings. The van der Waals surface area contributed by atoms with Crippen LogP contribution >= 0.6 is 0 Å². The fourth-order valence-electron chi connectivity index (χ4n) is 3.20. The van der Waals surface area contributed by atoms with Gasteiger partial charge in [0.05, 0.1) is 14.2 Å². The van der Waals surface area contributed by atoms with Crippen molar-refractivity contribution in [1.29, 1.82) is 0 Å². The molecule has 6 heteroatoms. The topological polar surface area (TPSA) is 59.5 Å². The monoisotopic (exact) mass is 356 g/mol. The molecule has 0 bridgehead atoms. The van der Waals surface area contributed by atoms with Gasteiger partial charge in [-0.2, -0.15) is 4.98 Å². The summed E-state index contributed by atoms with van der Waals surface area (Å²) in [6.45, 7) is 10.0. The van der Waals surface area contributed by atoms with E-state index in [9.17, 15) is 0 Å². The molecule has 0 spiro atoms. The number of aromatic nitrogens is 2. The first-order chi connectivity index (χ1) is 12.3. The van der Waals surface area contributed by atoms with Gasteiger partial charge in [-0.25, -0.2) is 4.98 Å². The predicted molar refractivity (Wildman–Crippen MR) is 104 cm³/mol. The van der Waals surface area contributed by atoms with E-state index in [1.54, 1.807) is 14.2 Å². The van der Waals surface area contributed by atoms with Gasteiger partial charge >= 0.3 is 0 Å². The molecule has 2 aromatic rings. The second-order valence-corrected chi connectivity index (χ2v) is 7.72. The van der Waals surface area contributed by atoms with E-state index in [1.165, 1.54) is 11.1 Å². The van der Waals surface area contributed by atoms with E-state index >= 15 is 0 Å². The Labute approximate surface area is 155 Å². The fraction of sp³-hybridized carbons (Fsp3) is 0.500. The Morgan fingerprint density at radius 1 is 1.00 bits per heavy atom. The van der Waals surface area contributed by atoms with Gasteiger partial charge in [-0.1, -0.05) is 0 Å². The van der Waals surface area contributed by atoms with Crippen molar-refractivity contribution >= 4 is 11.8 Å². The molecule has 26 heavy (non-hydrogen) atoms. The molecule has 0 fully saturated rings. The predicted octanol–water partition coefficient (Wildman–Crippen LogP) is 3.58. The fourth-order valence-corrected chi connectivity index (χ4v) is 3.20. The molecule has 1 N–H and O–H groups in total. The highest BCUT2D eigenvalue weighted by atomic mass is 16.5. The van der Waals surface area contributed by atoms with Crippen LogP contribution in [0.25, 0.3) is 0 Å². The second kappa shape index (κ2) is 7.02. The maximum atomic E-state index is 5.45. The Bertz CT molecular complexity index is 799. The van der Waals surface area contributed by atoms with Gasteiger partial charge in [0.1, 0.15) is 5.82 Å². The van der Waals surface area contributed by atoms with Gasteiger partial charge < -0.3 is 19.7 Å². The molecule has 0 radical (unpaired) electrons. The number of nitrogens with one attached hydrogen (secondary N) is 1. The lowest BCUT2D eigenvalue weighted by molar-refractivity contribution is 0.353. The SMILES string of the molecule is COc1cc2c(cc1OC)CN(c1nc(C)cc(NC(C)(C)C)n1)CC2. The molecule has 140 valence electrons. The molecular weight excluding hydrogens is 328 g/mol. The number of anilines is 2. The van der Waals surface area contributed by atoms with Crippen LogP contribution in [0, 0.1) is 6.92 Å². The summed E-state index contributed by atoms with van der Waals surface area (Å²) in [5.41, 5.74) is 3.43. The highest BCUT2D eigenvalue weighted by Gasteiger charge is 2.22. The summed E-state index contributed by atoms with van der Waals surface area (Å²) in [4.78, 5) is 11.6. The third-order valence-corrected chi connectivity index (χ3v) is 4.35. The molecule has 3 rings (SSSR count). The number of aryl methyl sites for hydroxylation is 1. The van der Waals surface area contributed by atoms with Crippen molar-refractivity contribution in [3.8, 4) is 11.5 Å². The molecule has 0 aliphatic carbocycles. The molecule has 0 saturated heterocycles. The number of rotatable bonds is 4. The summed E-state index contributed by atoms with van der Waals surface area (Å²) in [6.07, 6.45) is 0.926. The van der Waals surface area contributed by atoms with Crippen LogP contribution < -0.4 is 19.7 Å². The van der Waals surface area contributed by atoms with Crippen molar-refractivity contribution in [3.63, 3.8) is 0 Å². The number of fused-ring (bicyclic) bond motifs is 1. The van der Waals surface area contributed by atoms with Crippen LogP contribution in [0.3, 0.4) is 0 Å². The van der Waals surface area contributed by atoms with Gasteiger partial charge in [0.25, 0.3) is 0 Å². The summed E-state index contributed by atoms with van der Waals surface area (Å²) in [6, 6.07) is 6.13. The lowest BCUT2D eigenvalue weighted by atomic mass is 9.99. The van der Waals surface area contributed by atoms with Gasteiger partial charge in [0.15, 0.2) is 11.5 Å². The van der Waals surface area contributed by atoms with E-state index in [0.717, 1.165) is 48.5 Å². The molecular formula is C20H28N4O2. The third kappa shape index (κ3) is 4.00. The molecule has 1 aromatic carbocycles. The summed E-state index contributed by atoms with van der Waals surface area (Å²) >= 11 is 0. The van der Waals surface area contributed by atoms with Crippen molar-refractivity contribution < 1.29 is 9.47 Å². The number of nitrogens with zero attached hydrogens (tertiary/aromatic N) is 3. The van der Waals surface area contributed by atoms with Crippen molar-refractivity contribution in [3.05, 3.63) is 35.0 Å². The standard InChI is InChI=1S/C20H28N4O2/c1-13-9-18(23-20(2,3)4)22-19(21-13)24-8-7-14-10-16(25-5)17(26-6)11-15(14)12-24/h9-11H,7-8,12H2,1-6H3,(H,21,22,23). The van der Waals surface area contributed by atoms with E-state index < -0.39 is 0 Å². The smallest absolute Gasteiger partial charge is 0.227 e. The molecule has 0 saturated carbocycles. The lowest BCUT2D eigenvalue weighted by Crippen LogP contribution is -2.33. The quantitative estimate of drug-likeness (QED) is 0.904.